The van der Waals surface area contributed by atoms with Crippen molar-refractivity contribution in [3.8, 4) is 0 Å². The molecule has 6 heteroatoms. The maximum Gasteiger partial charge on any atom is 0.136 e. The molecule has 0 radical (unpaired) electrons. The Morgan fingerprint density at radius 1 is 0.478 bits per heavy atom. The molecule has 1 aliphatic rings. The van der Waals surface area contributed by atoms with E-state index >= 15 is 0 Å². The Hall–Kier alpha value is -5.05. The summed E-state index contributed by atoms with van der Waals surface area (Å²) >= 11 is 2.50. The van der Waals surface area contributed by atoms with Gasteiger partial charge in [0.05, 0.1) is 6.04 Å². The summed E-state index contributed by atoms with van der Waals surface area (Å²) in [6.45, 7) is 0. The average molecular weight is 709 g/mol. The number of hydrogen-bond donors (Lipinski definition) is 1. The van der Waals surface area contributed by atoms with Gasteiger partial charge in [0.1, 0.15) is 39.7 Å². The van der Waals surface area contributed by atoms with Crippen molar-refractivity contribution < 1.29 is 13.3 Å². The van der Waals surface area contributed by atoms with E-state index in [1.807, 2.05) is 36.4 Å². The van der Waals surface area contributed by atoms with Gasteiger partial charge >= 0.3 is 0 Å². The quantitative estimate of drug-likeness (QED) is 0.146. The van der Waals surface area contributed by atoms with Gasteiger partial charge in [-0.2, -0.15) is 0 Å². The number of para-hydroxylation sites is 3. The minimum absolute atomic E-state index is 0.0894. The third kappa shape index (κ3) is 3.77. The van der Waals surface area contributed by atoms with E-state index in [9.17, 15) is 0 Å². The first-order valence-electron chi connectivity index (χ1n) is 15.4. The molecule has 0 aliphatic carbocycles. The fraction of sp³-hybridized carbons (Fsp3) is 0.0500. The molecule has 46 heavy (non-hydrogen) atoms. The van der Waals surface area contributed by atoms with Crippen molar-refractivity contribution in [1.82, 2.24) is 8.43 Å². The molecule has 5 nitrogen and oxygen atoms in total. The summed E-state index contributed by atoms with van der Waals surface area (Å²) in [4.78, 5) is 0. The molecule has 1 N–H and O–H groups in total. The molecule has 0 spiro atoms. The van der Waals surface area contributed by atoms with Crippen molar-refractivity contribution in [1.29, 1.82) is 0 Å². The first kappa shape index (κ1) is 26.2. The minimum atomic E-state index is -0.183. The summed E-state index contributed by atoms with van der Waals surface area (Å²) in [5, 5.41) is 10.7. The van der Waals surface area contributed by atoms with E-state index in [0.29, 0.717) is 0 Å². The number of benzene rings is 6. The van der Waals surface area contributed by atoms with Gasteiger partial charge in [-0.25, -0.2) is 3.11 Å². The molecule has 2 atom stereocenters. The first-order chi connectivity index (χ1) is 22.7. The van der Waals surface area contributed by atoms with Crippen LogP contribution in [0.15, 0.2) is 147 Å². The van der Waals surface area contributed by atoms with Crippen LogP contribution in [0.5, 0.6) is 0 Å². The SMILES string of the molecule is IN1C(c2cccc3oc4ccccc4c23)C=C(c2cccc3oc4ccccc4c23)NC1c1cccc2oc3ccccc3c12. The zero-order valence-electron chi connectivity index (χ0n) is 24.4. The molecule has 1 aliphatic heterocycles. The first-order valence-corrected chi connectivity index (χ1v) is 16.3. The van der Waals surface area contributed by atoms with Gasteiger partial charge in [0, 0.05) is 72.0 Å². The van der Waals surface area contributed by atoms with E-state index in [2.05, 4.69) is 128 Å². The topological polar surface area (TPSA) is 54.7 Å². The maximum atomic E-state index is 6.35. The molecular weight excluding hydrogens is 683 g/mol. The Labute approximate surface area is 277 Å². The molecular formula is C40H25IN2O3. The molecule has 0 fully saturated rings. The molecule has 6 aromatic carbocycles. The summed E-state index contributed by atoms with van der Waals surface area (Å²) in [6.07, 6.45) is 2.17. The van der Waals surface area contributed by atoms with Crippen molar-refractivity contribution >= 4 is 94.4 Å². The van der Waals surface area contributed by atoms with Crippen molar-refractivity contribution in [2.75, 3.05) is 0 Å². The Morgan fingerprint density at radius 3 is 1.54 bits per heavy atom. The van der Waals surface area contributed by atoms with Crippen LogP contribution in [0.1, 0.15) is 28.9 Å². The molecule has 0 amide bonds. The smallest absolute Gasteiger partial charge is 0.136 e. The number of rotatable bonds is 3. The number of furan rings is 3. The monoisotopic (exact) mass is 708 g/mol. The van der Waals surface area contributed by atoms with E-state index in [0.717, 1.165) is 82.6 Å². The van der Waals surface area contributed by atoms with Crippen LogP contribution >= 0.6 is 22.9 Å². The molecule has 0 saturated heterocycles. The fourth-order valence-corrected chi connectivity index (χ4v) is 8.23. The van der Waals surface area contributed by atoms with Crippen LogP contribution in [0.2, 0.25) is 0 Å². The van der Waals surface area contributed by atoms with Crippen LogP contribution in [0, 0.1) is 0 Å². The van der Waals surface area contributed by atoms with Crippen molar-refractivity contribution in [3.05, 3.63) is 150 Å². The van der Waals surface area contributed by atoms with E-state index in [1.54, 1.807) is 0 Å². The third-order valence-electron chi connectivity index (χ3n) is 9.30. The van der Waals surface area contributed by atoms with Gasteiger partial charge in [-0.3, -0.25) is 0 Å². The van der Waals surface area contributed by atoms with E-state index in [1.165, 1.54) is 5.56 Å². The molecule has 9 aromatic rings. The van der Waals surface area contributed by atoms with Gasteiger partial charge in [0.15, 0.2) is 0 Å². The van der Waals surface area contributed by atoms with E-state index in [-0.39, 0.29) is 12.2 Å². The standard InChI is InChI=1S/C40H25IN2O3/c41-43-30(24-14-8-20-35-38(24)26-11-2-5-17-32(26)45-35)22-29(23-13-7-19-34-37(23)25-10-1-4-16-31(25)44-34)42-40(43)28-15-9-21-36-39(28)27-12-3-6-18-33(27)46-36/h1-22,30,40,42H. The largest absolute Gasteiger partial charge is 0.456 e. The van der Waals surface area contributed by atoms with E-state index in [4.69, 9.17) is 13.3 Å². The molecule has 2 unspecified atom stereocenters. The fourth-order valence-electron chi connectivity index (χ4n) is 7.33. The van der Waals surface area contributed by atoms with Crippen LogP contribution in [0.3, 0.4) is 0 Å². The Morgan fingerprint density at radius 2 is 0.935 bits per heavy atom. The predicted octanol–water partition coefficient (Wildman–Crippen LogP) is 11.4. The zero-order chi connectivity index (χ0) is 30.4. The highest BCUT2D eigenvalue weighted by atomic mass is 127. The highest BCUT2D eigenvalue weighted by molar-refractivity contribution is 14.1. The maximum absolute atomic E-state index is 6.35. The molecule has 3 aromatic heterocycles. The highest BCUT2D eigenvalue weighted by Crippen LogP contribution is 2.47. The number of halogens is 1. The Bertz CT molecular complexity index is 2680. The Kier molecular flexibility index (Phi) is 5.68. The molecule has 0 bridgehead atoms. The van der Waals surface area contributed by atoms with Gasteiger partial charge in [0.2, 0.25) is 0 Å². The lowest BCUT2D eigenvalue weighted by Gasteiger charge is -2.39. The number of nitrogens with one attached hydrogen (secondary N) is 1. The second-order valence-corrected chi connectivity index (χ2v) is 12.9. The highest BCUT2D eigenvalue weighted by Gasteiger charge is 2.35. The molecule has 0 saturated carbocycles. The van der Waals surface area contributed by atoms with Gasteiger partial charge < -0.3 is 18.6 Å². The Balaban J connectivity index is 1.25. The van der Waals surface area contributed by atoms with Crippen molar-refractivity contribution in [3.63, 3.8) is 0 Å². The van der Waals surface area contributed by atoms with Crippen LogP contribution in [0.25, 0.3) is 71.5 Å². The van der Waals surface area contributed by atoms with Gasteiger partial charge in [0.25, 0.3) is 0 Å². The van der Waals surface area contributed by atoms with Gasteiger partial charge in [-0.1, -0.05) is 91.0 Å². The number of fused-ring (bicyclic) bond motifs is 9. The second-order valence-electron chi connectivity index (χ2n) is 11.8. The molecule has 220 valence electrons. The van der Waals surface area contributed by atoms with Gasteiger partial charge in [-0.15, -0.1) is 0 Å². The predicted molar refractivity (Wildman–Crippen MR) is 194 cm³/mol. The third-order valence-corrected chi connectivity index (χ3v) is 10.5. The lowest BCUT2D eigenvalue weighted by Crippen LogP contribution is -2.38. The summed E-state index contributed by atoms with van der Waals surface area (Å²) in [6, 6.07) is 43.9. The van der Waals surface area contributed by atoms with Gasteiger partial charge in [-0.05, 0) is 48.0 Å². The molecule has 4 heterocycles. The summed E-state index contributed by atoms with van der Waals surface area (Å²) in [5.41, 5.74) is 9.80. The van der Waals surface area contributed by atoms with Crippen LogP contribution in [-0.4, -0.2) is 3.11 Å². The number of nitrogens with zero attached hydrogens (tertiary/aromatic N) is 1. The number of hydrogen-bond acceptors (Lipinski definition) is 5. The van der Waals surface area contributed by atoms with Crippen LogP contribution < -0.4 is 5.32 Å². The minimum Gasteiger partial charge on any atom is -0.456 e. The summed E-state index contributed by atoms with van der Waals surface area (Å²) < 4.78 is 21.4. The zero-order valence-corrected chi connectivity index (χ0v) is 26.6. The summed E-state index contributed by atoms with van der Waals surface area (Å²) in [7, 11) is 0. The second kappa shape index (κ2) is 9.97. The average Bonchev–Trinajstić information content (AvgIpc) is 3.79. The van der Waals surface area contributed by atoms with Crippen LogP contribution in [-0.2, 0) is 0 Å². The lowest BCUT2D eigenvalue weighted by atomic mass is 9.93. The van der Waals surface area contributed by atoms with Crippen LogP contribution in [0.4, 0.5) is 0 Å². The van der Waals surface area contributed by atoms with Crippen molar-refractivity contribution in [2.45, 2.75) is 12.2 Å². The summed E-state index contributed by atoms with van der Waals surface area (Å²) in [5.74, 6) is 0. The lowest BCUT2D eigenvalue weighted by molar-refractivity contribution is 0.311. The van der Waals surface area contributed by atoms with Crippen molar-refractivity contribution in [2.24, 2.45) is 0 Å². The molecule has 10 rings (SSSR count). The van der Waals surface area contributed by atoms with E-state index < -0.39 is 0 Å². The normalized spacial score (nSPS) is 17.5.